The first-order valence-corrected chi connectivity index (χ1v) is 9.44. The minimum Gasteiger partial charge on any atom is -0.488 e. The van der Waals surface area contributed by atoms with Crippen LogP contribution in [-0.4, -0.2) is 11.1 Å². The number of imide groups is 1. The third kappa shape index (κ3) is 3.70. The zero-order valence-corrected chi connectivity index (χ0v) is 15.6. The fourth-order valence-corrected chi connectivity index (χ4v) is 3.73. The molecule has 3 aromatic carbocycles. The molecule has 4 nitrogen and oxygen atoms in total. The van der Waals surface area contributed by atoms with Gasteiger partial charge < -0.3 is 4.74 Å². The summed E-state index contributed by atoms with van der Waals surface area (Å²) in [6.07, 6.45) is 1.70. The lowest BCUT2D eigenvalue weighted by atomic mass is 10.0. The van der Waals surface area contributed by atoms with Gasteiger partial charge in [-0.3, -0.25) is 14.9 Å². The highest BCUT2D eigenvalue weighted by molar-refractivity contribution is 8.18. The van der Waals surface area contributed by atoms with Gasteiger partial charge in [0, 0.05) is 16.1 Å². The van der Waals surface area contributed by atoms with Gasteiger partial charge in [0.25, 0.3) is 11.1 Å². The van der Waals surface area contributed by atoms with E-state index in [2.05, 4.69) is 5.32 Å². The Labute approximate surface area is 165 Å². The first kappa shape index (κ1) is 17.6. The summed E-state index contributed by atoms with van der Waals surface area (Å²) in [5, 5.41) is 4.50. The van der Waals surface area contributed by atoms with Crippen molar-refractivity contribution in [2.75, 3.05) is 0 Å². The number of hydrogen-bond donors (Lipinski definition) is 1. The highest BCUT2D eigenvalue weighted by Crippen LogP contribution is 2.34. The molecule has 6 heteroatoms. The molecule has 0 unspecified atom stereocenters. The van der Waals surface area contributed by atoms with Crippen LogP contribution in [0.4, 0.5) is 4.79 Å². The molecule has 1 aliphatic rings. The van der Waals surface area contributed by atoms with Crippen molar-refractivity contribution in [3.63, 3.8) is 0 Å². The van der Waals surface area contributed by atoms with Gasteiger partial charge in [-0.1, -0.05) is 60.1 Å². The zero-order valence-electron chi connectivity index (χ0n) is 14.1. The van der Waals surface area contributed by atoms with E-state index in [-0.39, 0.29) is 5.24 Å². The maximum atomic E-state index is 12.0. The number of hydrogen-bond acceptors (Lipinski definition) is 4. The van der Waals surface area contributed by atoms with Gasteiger partial charge in [-0.15, -0.1) is 0 Å². The Kier molecular flexibility index (Phi) is 4.88. The number of amides is 2. The minimum absolute atomic E-state index is 0.298. The fourth-order valence-electron chi connectivity index (χ4n) is 2.87. The van der Waals surface area contributed by atoms with Crippen LogP contribution in [0.2, 0.25) is 5.02 Å². The van der Waals surface area contributed by atoms with Crippen LogP contribution in [-0.2, 0) is 11.4 Å². The Morgan fingerprint density at radius 3 is 2.56 bits per heavy atom. The molecule has 0 saturated carbocycles. The standard InChI is InChI=1S/C21H14ClNO3S/c22-17-8-4-2-6-14(17)12-26-18-10-9-13-5-1-3-7-15(13)16(18)11-19-20(24)23-21(25)27-19/h1-11H,12H2,(H,23,24,25)/b19-11-. The van der Waals surface area contributed by atoms with E-state index in [9.17, 15) is 9.59 Å². The van der Waals surface area contributed by atoms with Crippen molar-refractivity contribution < 1.29 is 14.3 Å². The van der Waals surface area contributed by atoms with Gasteiger partial charge in [-0.2, -0.15) is 0 Å². The van der Waals surface area contributed by atoms with Crippen molar-refractivity contribution in [2.24, 2.45) is 0 Å². The van der Waals surface area contributed by atoms with Crippen molar-refractivity contribution in [1.29, 1.82) is 0 Å². The van der Waals surface area contributed by atoms with E-state index in [0.717, 1.165) is 33.7 Å². The van der Waals surface area contributed by atoms with Gasteiger partial charge in [0.2, 0.25) is 0 Å². The number of carbonyl (C=O) groups excluding carboxylic acids is 2. The van der Waals surface area contributed by atoms with E-state index in [4.69, 9.17) is 16.3 Å². The quantitative estimate of drug-likeness (QED) is 0.601. The molecule has 2 amide bonds. The predicted molar refractivity (Wildman–Crippen MR) is 109 cm³/mol. The van der Waals surface area contributed by atoms with Crippen LogP contribution in [0, 0.1) is 0 Å². The fraction of sp³-hybridized carbons (Fsp3) is 0.0476. The molecule has 1 N–H and O–H groups in total. The van der Waals surface area contributed by atoms with Crippen LogP contribution in [0.25, 0.3) is 16.8 Å². The average Bonchev–Trinajstić information content (AvgIpc) is 2.99. The maximum Gasteiger partial charge on any atom is 0.290 e. The van der Waals surface area contributed by atoms with Gasteiger partial charge in [0.15, 0.2) is 0 Å². The number of ether oxygens (including phenoxy) is 1. The number of halogens is 1. The van der Waals surface area contributed by atoms with Crippen molar-refractivity contribution in [1.82, 2.24) is 5.32 Å². The number of benzene rings is 3. The van der Waals surface area contributed by atoms with E-state index in [1.807, 2.05) is 60.7 Å². The second kappa shape index (κ2) is 7.47. The molecule has 27 heavy (non-hydrogen) atoms. The third-order valence-corrected chi connectivity index (χ3v) is 5.37. The van der Waals surface area contributed by atoms with Gasteiger partial charge in [-0.05, 0) is 40.7 Å². The SMILES string of the molecule is O=C1NC(=O)/C(=C/c2c(OCc3ccccc3Cl)ccc3ccccc23)S1. The van der Waals surface area contributed by atoms with Crippen molar-refractivity contribution in [2.45, 2.75) is 6.61 Å². The van der Waals surface area contributed by atoms with Crippen LogP contribution in [0.5, 0.6) is 5.75 Å². The van der Waals surface area contributed by atoms with Crippen molar-refractivity contribution in [3.8, 4) is 5.75 Å². The molecule has 0 atom stereocenters. The molecule has 1 fully saturated rings. The van der Waals surface area contributed by atoms with Crippen LogP contribution in [0.15, 0.2) is 65.6 Å². The highest BCUT2D eigenvalue weighted by Gasteiger charge is 2.25. The van der Waals surface area contributed by atoms with E-state index in [1.165, 1.54) is 0 Å². The summed E-state index contributed by atoms with van der Waals surface area (Å²) in [7, 11) is 0. The van der Waals surface area contributed by atoms with E-state index in [0.29, 0.717) is 22.3 Å². The first-order chi connectivity index (χ1) is 13.1. The molecular formula is C21H14ClNO3S. The summed E-state index contributed by atoms with van der Waals surface area (Å²) >= 11 is 7.10. The lowest BCUT2D eigenvalue weighted by Gasteiger charge is -2.13. The molecule has 0 radical (unpaired) electrons. The lowest BCUT2D eigenvalue weighted by Crippen LogP contribution is -2.17. The number of thioether (sulfide) groups is 1. The summed E-state index contributed by atoms with van der Waals surface area (Å²) in [6, 6.07) is 19.1. The Hall–Kier alpha value is -2.76. The lowest BCUT2D eigenvalue weighted by molar-refractivity contribution is -0.115. The Balaban J connectivity index is 1.76. The van der Waals surface area contributed by atoms with Crippen LogP contribution in [0.3, 0.4) is 0 Å². The topological polar surface area (TPSA) is 55.4 Å². The monoisotopic (exact) mass is 395 g/mol. The van der Waals surface area contributed by atoms with E-state index in [1.54, 1.807) is 6.08 Å². The third-order valence-electron chi connectivity index (χ3n) is 4.19. The number of fused-ring (bicyclic) bond motifs is 1. The Morgan fingerprint density at radius 2 is 1.78 bits per heavy atom. The molecule has 1 heterocycles. The van der Waals surface area contributed by atoms with Crippen molar-refractivity contribution in [3.05, 3.63) is 81.7 Å². The molecule has 1 saturated heterocycles. The molecule has 1 aliphatic heterocycles. The summed E-state index contributed by atoms with van der Waals surface area (Å²) < 4.78 is 6.03. The first-order valence-electron chi connectivity index (χ1n) is 8.24. The molecule has 0 spiro atoms. The second-order valence-electron chi connectivity index (χ2n) is 5.93. The maximum absolute atomic E-state index is 12.0. The molecule has 4 rings (SSSR count). The summed E-state index contributed by atoms with van der Waals surface area (Å²) in [5.41, 5.74) is 1.63. The molecule has 0 aromatic heterocycles. The number of nitrogens with one attached hydrogen (secondary N) is 1. The van der Waals surface area contributed by atoms with Crippen LogP contribution >= 0.6 is 23.4 Å². The summed E-state index contributed by atoms with van der Waals surface area (Å²) in [4.78, 5) is 23.8. The number of rotatable bonds is 4. The Bertz CT molecular complexity index is 1090. The zero-order chi connectivity index (χ0) is 18.8. The number of carbonyl (C=O) groups is 2. The van der Waals surface area contributed by atoms with Gasteiger partial charge in [0.05, 0.1) is 4.91 Å². The summed E-state index contributed by atoms with van der Waals surface area (Å²) in [6.45, 7) is 0.298. The molecule has 134 valence electrons. The van der Waals surface area contributed by atoms with Crippen molar-refractivity contribution >= 4 is 51.4 Å². The molecule has 0 bridgehead atoms. The molecule has 0 aliphatic carbocycles. The summed E-state index contributed by atoms with van der Waals surface area (Å²) in [5.74, 6) is 0.226. The van der Waals surface area contributed by atoms with Gasteiger partial charge >= 0.3 is 0 Å². The van der Waals surface area contributed by atoms with Gasteiger partial charge in [-0.25, -0.2) is 0 Å². The molecular weight excluding hydrogens is 382 g/mol. The minimum atomic E-state index is -0.394. The average molecular weight is 396 g/mol. The Morgan fingerprint density at radius 1 is 1.00 bits per heavy atom. The van der Waals surface area contributed by atoms with Crippen LogP contribution < -0.4 is 10.1 Å². The van der Waals surface area contributed by atoms with E-state index < -0.39 is 5.91 Å². The molecule has 3 aromatic rings. The largest absolute Gasteiger partial charge is 0.488 e. The highest BCUT2D eigenvalue weighted by atomic mass is 35.5. The second-order valence-corrected chi connectivity index (χ2v) is 7.35. The predicted octanol–water partition coefficient (Wildman–Crippen LogP) is 5.40. The van der Waals surface area contributed by atoms with E-state index >= 15 is 0 Å². The van der Waals surface area contributed by atoms with Crippen LogP contribution in [0.1, 0.15) is 11.1 Å². The van der Waals surface area contributed by atoms with Gasteiger partial charge in [0.1, 0.15) is 12.4 Å². The smallest absolute Gasteiger partial charge is 0.290 e. The normalized spacial score (nSPS) is 15.4.